The number of imidazole rings is 1. The zero-order valence-electron chi connectivity index (χ0n) is 14.6. The van der Waals surface area contributed by atoms with E-state index in [1.165, 1.54) is 0 Å². The molecule has 0 saturated carbocycles. The highest BCUT2D eigenvalue weighted by Crippen LogP contribution is 2.16. The van der Waals surface area contributed by atoms with E-state index >= 15 is 0 Å². The molecule has 2 N–H and O–H groups in total. The van der Waals surface area contributed by atoms with Crippen LogP contribution in [0.15, 0.2) is 53.7 Å². The maximum Gasteiger partial charge on any atom is 0.191 e. The number of guanidine groups is 1. The van der Waals surface area contributed by atoms with E-state index < -0.39 is 0 Å². The van der Waals surface area contributed by atoms with Crippen molar-refractivity contribution >= 4 is 23.2 Å². The Bertz CT molecular complexity index is 882. The Morgan fingerprint density at radius 3 is 2.68 bits per heavy atom. The summed E-state index contributed by atoms with van der Waals surface area (Å²) in [5, 5.41) is 7.43. The predicted octanol–water partition coefficient (Wildman–Crippen LogP) is 3.72. The summed E-state index contributed by atoms with van der Waals surface area (Å²) in [5.74, 6) is 0.733. The van der Waals surface area contributed by atoms with Gasteiger partial charge in [-0.15, -0.1) is 0 Å². The maximum absolute atomic E-state index is 5.95. The quantitative estimate of drug-likeness (QED) is 0.554. The second kappa shape index (κ2) is 7.57. The smallest absolute Gasteiger partial charge is 0.191 e. The van der Waals surface area contributed by atoms with Crippen LogP contribution >= 0.6 is 11.6 Å². The lowest BCUT2D eigenvalue weighted by Crippen LogP contribution is -2.38. The van der Waals surface area contributed by atoms with E-state index in [2.05, 4.69) is 44.9 Å². The van der Waals surface area contributed by atoms with Crippen LogP contribution in [0.4, 0.5) is 0 Å². The van der Waals surface area contributed by atoms with Crippen LogP contribution in [0.3, 0.4) is 0 Å². The van der Waals surface area contributed by atoms with Gasteiger partial charge in [0.1, 0.15) is 5.65 Å². The van der Waals surface area contributed by atoms with Gasteiger partial charge in [0.15, 0.2) is 5.96 Å². The number of fused-ring (bicyclic) bond motifs is 1. The minimum atomic E-state index is 0.117. The van der Waals surface area contributed by atoms with Gasteiger partial charge in [0.2, 0.25) is 0 Å². The first-order valence-electron chi connectivity index (χ1n) is 8.23. The summed E-state index contributed by atoms with van der Waals surface area (Å²) in [6.45, 7) is 4.76. The molecule has 0 saturated heterocycles. The Morgan fingerprint density at radius 1 is 1.24 bits per heavy atom. The minimum absolute atomic E-state index is 0.117. The average Bonchev–Trinajstić information content (AvgIpc) is 3.03. The monoisotopic (exact) mass is 355 g/mol. The van der Waals surface area contributed by atoms with Crippen molar-refractivity contribution in [3.05, 3.63) is 70.6 Å². The Kier molecular flexibility index (Phi) is 5.24. The van der Waals surface area contributed by atoms with Gasteiger partial charge < -0.3 is 15.0 Å². The third-order valence-electron chi connectivity index (χ3n) is 4.13. The van der Waals surface area contributed by atoms with Crippen molar-refractivity contribution in [2.45, 2.75) is 26.4 Å². The Balaban J connectivity index is 1.63. The minimum Gasteiger partial charge on any atom is -0.351 e. The molecule has 0 radical (unpaired) electrons. The van der Waals surface area contributed by atoms with E-state index in [4.69, 9.17) is 11.6 Å². The summed E-state index contributed by atoms with van der Waals surface area (Å²) in [7, 11) is 1.76. The molecule has 0 aliphatic heterocycles. The number of rotatable bonds is 4. The molecule has 5 nitrogen and oxygen atoms in total. The van der Waals surface area contributed by atoms with Crippen molar-refractivity contribution in [1.29, 1.82) is 0 Å². The molecule has 0 aliphatic carbocycles. The van der Waals surface area contributed by atoms with E-state index in [0.717, 1.165) is 33.6 Å². The van der Waals surface area contributed by atoms with Crippen LogP contribution in [0, 0.1) is 6.92 Å². The molecule has 0 bridgehead atoms. The summed E-state index contributed by atoms with van der Waals surface area (Å²) in [4.78, 5) is 8.92. The molecule has 1 atom stereocenters. The third kappa shape index (κ3) is 4.12. The Morgan fingerprint density at radius 2 is 2.00 bits per heavy atom. The number of nitrogens with one attached hydrogen (secondary N) is 2. The number of halogens is 1. The number of hydrogen-bond donors (Lipinski definition) is 2. The molecule has 130 valence electrons. The molecule has 0 fully saturated rings. The second-order valence-electron chi connectivity index (χ2n) is 5.97. The van der Waals surface area contributed by atoms with Crippen LogP contribution < -0.4 is 10.6 Å². The fourth-order valence-electron chi connectivity index (χ4n) is 2.69. The number of nitrogens with zero attached hydrogens (tertiary/aromatic N) is 3. The lowest BCUT2D eigenvalue weighted by Gasteiger charge is -2.18. The fraction of sp³-hybridized carbons (Fsp3) is 0.263. The van der Waals surface area contributed by atoms with Crippen molar-refractivity contribution in [2.75, 3.05) is 7.05 Å². The molecule has 25 heavy (non-hydrogen) atoms. The first-order valence-corrected chi connectivity index (χ1v) is 8.61. The second-order valence-corrected chi connectivity index (χ2v) is 6.41. The summed E-state index contributed by atoms with van der Waals surface area (Å²) < 4.78 is 2.09. The topological polar surface area (TPSA) is 53.7 Å². The lowest BCUT2D eigenvalue weighted by atomic mass is 10.1. The number of benzene rings is 1. The molecule has 0 aliphatic rings. The molecule has 0 amide bonds. The van der Waals surface area contributed by atoms with Crippen LogP contribution in [0.1, 0.15) is 29.9 Å². The number of aromatic nitrogens is 2. The van der Waals surface area contributed by atoms with Gasteiger partial charge in [-0.05, 0) is 43.7 Å². The first-order chi connectivity index (χ1) is 12.1. The van der Waals surface area contributed by atoms with Gasteiger partial charge in [0.25, 0.3) is 0 Å². The van der Waals surface area contributed by atoms with E-state index in [1.807, 2.05) is 42.6 Å². The maximum atomic E-state index is 5.95. The highest BCUT2D eigenvalue weighted by atomic mass is 35.5. The van der Waals surface area contributed by atoms with Crippen molar-refractivity contribution in [3.63, 3.8) is 0 Å². The summed E-state index contributed by atoms with van der Waals surface area (Å²) in [5.41, 5.74) is 4.23. The molecule has 3 aromatic rings. The van der Waals surface area contributed by atoms with E-state index in [1.54, 1.807) is 7.05 Å². The third-order valence-corrected chi connectivity index (χ3v) is 4.38. The number of aryl methyl sites for hydroxylation is 1. The molecule has 1 unspecified atom stereocenters. The van der Waals surface area contributed by atoms with Crippen LogP contribution in [0.25, 0.3) is 5.65 Å². The standard InChI is InChI=1S/C19H22ClN5/c1-13-5-4-6-18-24-17(12-25(13)18)11-22-19(21-3)23-14(2)15-7-9-16(20)10-8-15/h4-10,12,14H,11H2,1-3H3,(H2,21,22,23). The predicted molar refractivity (Wildman–Crippen MR) is 103 cm³/mol. The van der Waals surface area contributed by atoms with Gasteiger partial charge in [0, 0.05) is 24.0 Å². The average molecular weight is 356 g/mol. The highest BCUT2D eigenvalue weighted by molar-refractivity contribution is 6.30. The highest BCUT2D eigenvalue weighted by Gasteiger charge is 2.09. The van der Waals surface area contributed by atoms with Crippen molar-refractivity contribution < 1.29 is 0 Å². The Labute approximate surface area is 152 Å². The van der Waals surface area contributed by atoms with E-state index in [-0.39, 0.29) is 6.04 Å². The molecular weight excluding hydrogens is 334 g/mol. The number of pyridine rings is 1. The zero-order chi connectivity index (χ0) is 17.8. The van der Waals surface area contributed by atoms with E-state index in [9.17, 15) is 0 Å². The molecule has 1 aromatic carbocycles. The normalized spacial score (nSPS) is 13.0. The van der Waals surface area contributed by atoms with Gasteiger partial charge in [-0.2, -0.15) is 0 Å². The number of hydrogen-bond acceptors (Lipinski definition) is 2. The van der Waals surface area contributed by atoms with Crippen LogP contribution in [0.5, 0.6) is 0 Å². The first kappa shape index (κ1) is 17.3. The van der Waals surface area contributed by atoms with Crippen LogP contribution in [0.2, 0.25) is 5.02 Å². The van der Waals surface area contributed by atoms with Gasteiger partial charge in [-0.1, -0.05) is 29.8 Å². The largest absolute Gasteiger partial charge is 0.351 e. The molecule has 6 heteroatoms. The van der Waals surface area contributed by atoms with Gasteiger partial charge in [-0.3, -0.25) is 4.99 Å². The molecule has 2 heterocycles. The van der Waals surface area contributed by atoms with Crippen LogP contribution in [-0.2, 0) is 6.54 Å². The SMILES string of the molecule is CN=C(NCc1cn2c(C)cccc2n1)NC(C)c1ccc(Cl)cc1. The Hall–Kier alpha value is -2.53. The lowest BCUT2D eigenvalue weighted by molar-refractivity contribution is 0.683. The molecule has 0 spiro atoms. The van der Waals surface area contributed by atoms with Crippen molar-refractivity contribution in [1.82, 2.24) is 20.0 Å². The van der Waals surface area contributed by atoms with Crippen LogP contribution in [-0.4, -0.2) is 22.4 Å². The van der Waals surface area contributed by atoms with Gasteiger partial charge >= 0.3 is 0 Å². The fourth-order valence-corrected chi connectivity index (χ4v) is 2.82. The summed E-state index contributed by atoms with van der Waals surface area (Å²) in [6, 6.07) is 14.0. The summed E-state index contributed by atoms with van der Waals surface area (Å²) in [6.07, 6.45) is 2.05. The van der Waals surface area contributed by atoms with Gasteiger partial charge in [-0.25, -0.2) is 4.98 Å². The van der Waals surface area contributed by atoms with Crippen molar-refractivity contribution in [2.24, 2.45) is 4.99 Å². The van der Waals surface area contributed by atoms with Crippen molar-refractivity contribution in [3.8, 4) is 0 Å². The number of aliphatic imine (C=N–C) groups is 1. The summed E-state index contributed by atoms with van der Waals surface area (Å²) >= 11 is 5.95. The molecule has 3 rings (SSSR count). The molecular formula is C19H22ClN5. The van der Waals surface area contributed by atoms with Gasteiger partial charge in [0.05, 0.1) is 18.3 Å². The molecule has 2 aromatic heterocycles. The zero-order valence-corrected chi connectivity index (χ0v) is 15.4. The van der Waals surface area contributed by atoms with E-state index in [0.29, 0.717) is 6.54 Å².